The fourth-order valence-corrected chi connectivity index (χ4v) is 3.22. The number of rotatable bonds is 6. The van der Waals surface area contributed by atoms with Crippen molar-refractivity contribution >= 4 is 5.97 Å². The Kier molecular flexibility index (Phi) is 5.86. The molecule has 0 spiro atoms. The largest absolute Gasteiger partial charge is 0.573 e. The number of aliphatic carboxylic acids is 1. The Balaban J connectivity index is 1.90. The Morgan fingerprint density at radius 2 is 2.03 bits per heavy atom. The number of fused-ring (bicyclic) bond motifs is 1. The lowest BCUT2D eigenvalue weighted by Gasteiger charge is -2.26. The quantitative estimate of drug-likeness (QED) is 0.677. The molecule has 0 aliphatic carbocycles. The van der Waals surface area contributed by atoms with Gasteiger partial charge in [0.2, 0.25) is 0 Å². The number of carboxylic acids is 1. The smallest absolute Gasteiger partial charge is 0.494 e. The first-order valence-corrected chi connectivity index (χ1v) is 8.81. The zero-order valence-corrected chi connectivity index (χ0v) is 15.4. The highest BCUT2D eigenvalue weighted by molar-refractivity contribution is 5.70. The summed E-state index contributed by atoms with van der Waals surface area (Å²) in [6, 6.07) is 6.56. The normalized spacial score (nSPS) is 16.0. The molecular weight excluding hydrogens is 396 g/mol. The third-order valence-electron chi connectivity index (χ3n) is 4.55. The molecule has 1 heterocycles. The van der Waals surface area contributed by atoms with E-state index in [9.17, 15) is 22.4 Å². The Bertz CT molecular complexity index is 910. The van der Waals surface area contributed by atoms with Crippen LogP contribution in [0.4, 0.5) is 17.6 Å². The summed E-state index contributed by atoms with van der Waals surface area (Å²) in [5.74, 6) is -2.12. The van der Waals surface area contributed by atoms with Gasteiger partial charge in [-0.2, -0.15) is 0 Å². The van der Waals surface area contributed by atoms with Crippen molar-refractivity contribution in [2.45, 2.75) is 38.1 Å². The van der Waals surface area contributed by atoms with Crippen LogP contribution < -0.4 is 14.2 Å². The fraction of sp³-hybridized carbons (Fsp3) is 0.350. The van der Waals surface area contributed by atoms with Crippen LogP contribution in [0, 0.1) is 5.82 Å². The van der Waals surface area contributed by atoms with Crippen molar-refractivity contribution in [1.82, 2.24) is 0 Å². The second kappa shape index (κ2) is 8.18. The predicted octanol–water partition coefficient (Wildman–Crippen LogP) is 4.96. The van der Waals surface area contributed by atoms with Crippen LogP contribution in [-0.4, -0.2) is 30.7 Å². The van der Waals surface area contributed by atoms with Gasteiger partial charge in [0, 0.05) is 18.1 Å². The van der Waals surface area contributed by atoms with Gasteiger partial charge in [0.15, 0.2) is 11.6 Å². The molecule has 1 aliphatic heterocycles. The number of halogens is 4. The number of hydrogen-bond donors (Lipinski definition) is 1. The first-order valence-electron chi connectivity index (χ1n) is 8.81. The topological polar surface area (TPSA) is 65.0 Å². The van der Waals surface area contributed by atoms with E-state index in [-0.39, 0.29) is 23.8 Å². The maximum atomic E-state index is 14.7. The molecular formula is C20H18F4O5. The molecule has 0 amide bonds. The third-order valence-corrected chi connectivity index (χ3v) is 4.55. The zero-order chi connectivity index (χ0) is 21.2. The second-order valence-electron chi connectivity index (χ2n) is 6.57. The minimum Gasteiger partial charge on any atom is -0.494 e. The van der Waals surface area contributed by atoms with E-state index in [1.807, 2.05) is 0 Å². The number of carbonyl (C=O) groups is 1. The zero-order valence-electron chi connectivity index (χ0n) is 15.4. The lowest BCUT2D eigenvalue weighted by molar-refractivity contribution is -0.274. The van der Waals surface area contributed by atoms with E-state index in [0.717, 1.165) is 24.8 Å². The highest BCUT2D eigenvalue weighted by Crippen LogP contribution is 2.39. The van der Waals surface area contributed by atoms with Gasteiger partial charge < -0.3 is 19.3 Å². The average Bonchev–Trinajstić information content (AvgIpc) is 2.65. The summed E-state index contributed by atoms with van der Waals surface area (Å²) in [5, 5.41) is 8.78. The number of benzene rings is 2. The first kappa shape index (κ1) is 20.8. The van der Waals surface area contributed by atoms with Crippen LogP contribution in [0.5, 0.6) is 17.2 Å². The lowest BCUT2D eigenvalue weighted by atomic mass is 9.95. The third kappa shape index (κ3) is 5.10. The minimum atomic E-state index is -4.92. The summed E-state index contributed by atoms with van der Waals surface area (Å²) in [6.45, 7) is 0. The Morgan fingerprint density at radius 3 is 2.69 bits per heavy atom. The summed E-state index contributed by atoms with van der Waals surface area (Å²) >= 11 is 0. The van der Waals surface area contributed by atoms with Crippen molar-refractivity contribution in [2.75, 3.05) is 7.11 Å². The van der Waals surface area contributed by atoms with Gasteiger partial charge in [-0.15, -0.1) is 13.2 Å². The van der Waals surface area contributed by atoms with Gasteiger partial charge in [-0.05, 0) is 48.6 Å². The van der Waals surface area contributed by atoms with Gasteiger partial charge in [0.05, 0.1) is 13.2 Å². The molecule has 0 saturated heterocycles. The SMILES string of the molecule is COc1cc(OC(F)(F)F)cc(-c2ccc3c(c2)CC[C@H](CCC(=O)O)O3)c1F. The fourth-order valence-electron chi connectivity index (χ4n) is 3.22. The van der Waals surface area contributed by atoms with E-state index in [0.29, 0.717) is 30.6 Å². The van der Waals surface area contributed by atoms with E-state index >= 15 is 0 Å². The van der Waals surface area contributed by atoms with Crippen molar-refractivity contribution < 1.29 is 41.7 Å². The summed E-state index contributed by atoms with van der Waals surface area (Å²) in [7, 11) is 1.15. The number of methoxy groups -OCH3 is 1. The molecule has 0 aromatic heterocycles. The molecule has 156 valence electrons. The molecule has 1 aliphatic rings. The molecule has 5 nitrogen and oxygen atoms in total. The molecule has 0 radical (unpaired) electrons. The molecule has 0 bridgehead atoms. The molecule has 0 unspecified atom stereocenters. The van der Waals surface area contributed by atoms with Crippen molar-refractivity contribution in [2.24, 2.45) is 0 Å². The Hall–Kier alpha value is -2.97. The summed E-state index contributed by atoms with van der Waals surface area (Å²) in [6.07, 6.45) is -3.62. The first-order chi connectivity index (χ1) is 13.7. The van der Waals surface area contributed by atoms with E-state index in [1.54, 1.807) is 12.1 Å². The van der Waals surface area contributed by atoms with Crippen LogP contribution in [0.3, 0.4) is 0 Å². The molecule has 0 saturated carbocycles. The maximum Gasteiger partial charge on any atom is 0.573 e. The second-order valence-corrected chi connectivity index (χ2v) is 6.57. The van der Waals surface area contributed by atoms with Crippen molar-refractivity contribution in [3.05, 3.63) is 41.7 Å². The molecule has 0 fully saturated rings. The number of ether oxygens (including phenoxy) is 3. The molecule has 29 heavy (non-hydrogen) atoms. The van der Waals surface area contributed by atoms with Gasteiger partial charge >= 0.3 is 12.3 Å². The van der Waals surface area contributed by atoms with Crippen molar-refractivity contribution in [1.29, 1.82) is 0 Å². The summed E-state index contributed by atoms with van der Waals surface area (Å²) < 4.78 is 67.0. The lowest BCUT2D eigenvalue weighted by Crippen LogP contribution is -2.23. The minimum absolute atomic E-state index is 0.00487. The summed E-state index contributed by atoms with van der Waals surface area (Å²) in [5.41, 5.74) is 1.01. The van der Waals surface area contributed by atoms with Crippen molar-refractivity contribution in [3.63, 3.8) is 0 Å². The van der Waals surface area contributed by atoms with E-state index in [4.69, 9.17) is 14.6 Å². The molecule has 9 heteroatoms. The molecule has 3 rings (SSSR count). The van der Waals surface area contributed by atoms with Crippen LogP contribution in [0.2, 0.25) is 0 Å². The number of aryl methyl sites for hydroxylation is 1. The monoisotopic (exact) mass is 414 g/mol. The van der Waals surface area contributed by atoms with Crippen LogP contribution in [-0.2, 0) is 11.2 Å². The highest BCUT2D eigenvalue weighted by Gasteiger charge is 2.32. The standard InChI is InChI=1S/C20H18F4O5/c1-27-17-10-14(29-20(22,23)24)9-15(19(17)21)11-3-6-16-12(8-11)2-4-13(28-16)5-7-18(25)26/h3,6,8-10,13H,2,4-5,7H2,1H3,(H,25,26)/t13-/m1/s1. The molecule has 2 aromatic carbocycles. The van der Waals surface area contributed by atoms with Gasteiger partial charge in [-0.3, -0.25) is 4.79 Å². The number of hydrogen-bond acceptors (Lipinski definition) is 4. The van der Waals surface area contributed by atoms with Gasteiger partial charge in [-0.25, -0.2) is 4.39 Å². The highest BCUT2D eigenvalue weighted by atomic mass is 19.4. The van der Waals surface area contributed by atoms with E-state index in [2.05, 4.69) is 4.74 Å². The van der Waals surface area contributed by atoms with Gasteiger partial charge in [-0.1, -0.05) is 6.07 Å². The average molecular weight is 414 g/mol. The molecule has 2 aromatic rings. The van der Waals surface area contributed by atoms with E-state index < -0.39 is 23.9 Å². The molecule has 1 N–H and O–H groups in total. The molecule has 1 atom stereocenters. The van der Waals surface area contributed by atoms with Crippen LogP contribution in [0.15, 0.2) is 30.3 Å². The number of alkyl halides is 3. The van der Waals surface area contributed by atoms with Crippen LogP contribution in [0.1, 0.15) is 24.8 Å². The van der Waals surface area contributed by atoms with Crippen molar-refractivity contribution in [3.8, 4) is 28.4 Å². The Labute approximate surface area is 163 Å². The van der Waals surface area contributed by atoms with Crippen LogP contribution in [0.25, 0.3) is 11.1 Å². The Morgan fingerprint density at radius 1 is 1.28 bits per heavy atom. The summed E-state index contributed by atoms with van der Waals surface area (Å²) in [4.78, 5) is 10.7. The predicted molar refractivity (Wildman–Crippen MR) is 94.7 cm³/mol. The van der Waals surface area contributed by atoms with Gasteiger partial charge in [0.25, 0.3) is 0 Å². The maximum absolute atomic E-state index is 14.7. The number of carboxylic acid groups (broad SMARTS) is 1. The van der Waals surface area contributed by atoms with Crippen LogP contribution >= 0.6 is 0 Å². The van der Waals surface area contributed by atoms with E-state index in [1.165, 1.54) is 6.07 Å². The van der Waals surface area contributed by atoms with Gasteiger partial charge in [0.1, 0.15) is 11.5 Å².